The quantitative estimate of drug-likeness (QED) is 0.903. The van der Waals surface area contributed by atoms with Crippen molar-refractivity contribution in [2.45, 2.75) is 19.4 Å². The third-order valence-electron chi connectivity index (χ3n) is 2.85. The molecule has 0 aliphatic rings. The second-order valence-corrected chi connectivity index (χ2v) is 6.01. The van der Waals surface area contributed by atoms with Gasteiger partial charge in [0.15, 0.2) is 0 Å². The Morgan fingerprint density at radius 1 is 1.47 bits per heavy atom. The van der Waals surface area contributed by atoms with Crippen molar-refractivity contribution < 1.29 is 9.90 Å². The lowest BCUT2D eigenvalue weighted by atomic mass is 10.2. The van der Waals surface area contributed by atoms with Gasteiger partial charge in [0.25, 0.3) is 5.91 Å². The van der Waals surface area contributed by atoms with E-state index in [1.807, 2.05) is 6.92 Å². The largest absolute Gasteiger partial charge is 0.394 e. The standard InChI is InChI=1S/C13H13Cl2NO2S/c1-2-8(6-17)16-13(18)12-11(15)9-4-3-7(14)5-10(9)19-12/h3-5,8,17H,2,6H2,1H3,(H,16,18)/t8-/m1/s1. The maximum Gasteiger partial charge on any atom is 0.263 e. The molecule has 1 aromatic heterocycles. The molecule has 0 unspecified atom stereocenters. The zero-order valence-electron chi connectivity index (χ0n) is 10.2. The van der Waals surface area contributed by atoms with E-state index in [9.17, 15) is 4.79 Å². The number of hydrogen-bond acceptors (Lipinski definition) is 3. The first kappa shape index (κ1) is 14.6. The molecule has 0 radical (unpaired) electrons. The molecule has 1 amide bonds. The molecule has 0 spiro atoms. The minimum Gasteiger partial charge on any atom is -0.394 e. The number of aliphatic hydroxyl groups excluding tert-OH is 1. The van der Waals surface area contributed by atoms with E-state index in [1.54, 1.807) is 18.2 Å². The highest BCUT2D eigenvalue weighted by Crippen LogP contribution is 2.36. The van der Waals surface area contributed by atoms with Crippen molar-refractivity contribution in [3.63, 3.8) is 0 Å². The summed E-state index contributed by atoms with van der Waals surface area (Å²) in [4.78, 5) is 12.6. The second-order valence-electron chi connectivity index (χ2n) is 4.15. The third kappa shape index (κ3) is 3.03. The van der Waals surface area contributed by atoms with Crippen LogP contribution in [-0.4, -0.2) is 23.7 Å². The molecular weight excluding hydrogens is 305 g/mol. The lowest BCUT2D eigenvalue weighted by Crippen LogP contribution is -2.36. The molecule has 1 aromatic carbocycles. The molecule has 2 N–H and O–H groups in total. The van der Waals surface area contributed by atoms with Gasteiger partial charge < -0.3 is 10.4 Å². The second kappa shape index (κ2) is 6.09. The topological polar surface area (TPSA) is 49.3 Å². The van der Waals surface area contributed by atoms with Crippen LogP contribution in [0.3, 0.4) is 0 Å². The molecule has 2 rings (SSSR count). The van der Waals surface area contributed by atoms with Crippen molar-refractivity contribution in [3.8, 4) is 0 Å². The van der Waals surface area contributed by atoms with Gasteiger partial charge in [-0.25, -0.2) is 0 Å². The van der Waals surface area contributed by atoms with Gasteiger partial charge in [0.05, 0.1) is 17.7 Å². The summed E-state index contributed by atoms with van der Waals surface area (Å²) in [5, 5.41) is 13.7. The van der Waals surface area contributed by atoms with Crippen LogP contribution in [0.1, 0.15) is 23.0 Å². The lowest BCUT2D eigenvalue weighted by Gasteiger charge is -2.13. The molecule has 2 aromatic rings. The molecule has 0 fully saturated rings. The summed E-state index contributed by atoms with van der Waals surface area (Å²) in [6.45, 7) is 1.81. The fourth-order valence-corrected chi connectivity index (χ4v) is 3.41. The Bertz CT molecular complexity index is 608. The summed E-state index contributed by atoms with van der Waals surface area (Å²) in [7, 11) is 0. The van der Waals surface area contributed by atoms with Gasteiger partial charge in [-0.1, -0.05) is 36.2 Å². The number of carbonyl (C=O) groups is 1. The zero-order valence-corrected chi connectivity index (χ0v) is 12.6. The Balaban J connectivity index is 2.34. The van der Waals surface area contributed by atoms with E-state index in [2.05, 4.69) is 5.32 Å². The molecular formula is C13H13Cl2NO2S. The minimum absolute atomic E-state index is 0.0867. The first-order valence-electron chi connectivity index (χ1n) is 5.86. The lowest BCUT2D eigenvalue weighted by molar-refractivity contribution is 0.0919. The third-order valence-corrected chi connectivity index (χ3v) is 4.74. The number of nitrogens with one attached hydrogen (secondary N) is 1. The van der Waals surface area contributed by atoms with Crippen LogP contribution in [0.2, 0.25) is 10.0 Å². The highest BCUT2D eigenvalue weighted by atomic mass is 35.5. The Morgan fingerprint density at radius 3 is 2.84 bits per heavy atom. The average molecular weight is 318 g/mol. The Hall–Kier alpha value is -0.810. The molecule has 0 aliphatic heterocycles. The number of benzene rings is 1. The van der Waals surface area contributed by atoms with E-state index in [-0.39, 0.29) is 18.6 Å². The normalized spacial score (nSPS) is 12.6. The zero-order chi connectivity index (χ0) is 14.0. The summed E-state index contributed by atoms with van der Waals surface area (Å²) < 4.78 is 0.875. The molecule has 102 valence electrons. The fourth-order valence-electron chi connectivity index (χ4n) is 1.71. The minimum atomic E-state index is -0.261. The van der Waals surface area contributed by atoms with Gasteiger partial charge in [0, 0.05) is 15.1 Å². The van der Waals surface area contributed by atoms with Gasteiger partial charge in [0.2, 0.25) is 0 Å². The SMILES string of the molecule is CC[C@H](CO)NC(=O)c1sc2cc(Cl)ccc2c1Cl. The van der Waals surface area contributed by atoms with Crippen LogP contribution in [0.4, 0.5) is 0 Å². The predicted octanol–water partition coefficient (Wildman–Crippen LogP) is 3.71. The summed E-state index contributed by atoms with van der Waals surface area (Å²) in [5.41, 5.74) is 0. The van der Waals surface area contributed by atoms with Crippen LogP contribution in [0.25, 0.3) is 10.1 Å². The Kier molecular flexibility index (Phi) is 4.68. The van der Waals surface area contributed by atoms with Gasteiger partial charge in [-0.05, 0) is 18.6 Å². The number of amides is 1. The molecule has 1 heterocycles. The maximum atomic E-state index is 12.1. The van der Waals surface area contributed by atoms with Crippen LogP contribution < -0.4 is 5.32 Å². The van der Waals surface area contributed by atoms with Gasteiger partial charge in [-0.2, -0.15) is 0 Å². The van der Waals surface area contributed by atoms with Crippen molar-refractivity contribution >= 4 is 50.5 Å². The van der Waals surface area contributed by atoms with Crippen LogP contribution in [0, 0.1) is 0 Å². The van der Waals surface area contributed by atoms with Crippen LogP contribution >= 0.6 is 34.5 Å². The van der Waals surface area contributed by atoms with Crippen LogP contribution in [-0.2, 0) is 0 Å². The van der Waals surface area contributed by atoms with E-state index < -0.39 is 0 Å². The fraction of sp³-hybridized carbons (Fsp3) is 0.308. The molecule has 0 bridgehead atoms. The average Bonchev–Trinajstić information content (AvgIpc) is 2.72. The molecule has 1 atom stereocenters. The maximum absolute atomic E-state index is 12.1. The van der Waals surface area contributed by atoms with E-state index in [4.69, 9.17) is 28.3 Å². The molecule has 19 heavy (non-hydrogen) atoms. The monoisotopic (exact) mass is 317 g/mol. The van der Waals surface area contributed by atoms with E-state index >= 15 is 0 Å². The van der Waals surface area contributed by atoms with E-state index in [0.717, 1.165) is 10.1 Å². The van der Waals surface area contributed by atoms with Crippen LogP contribution in [0.5, 0.6) is 0 Å². The van der Waals surface area contributed by atoms with Gasteiger partial charge in [0.1, 0.15) is 4.88 Å². The van der Waals surface area contributed by atoms with Gasteiger partial charge in [-0.15, -0.1) is 11.3 Å². The molecule has 0 saturated carbocycles. The number of halogens is 2. The van der Waals surface area contributed by atoms with Gasteiger partial charge >= 0.3 is 0 Å². The predicted molar refractivity (Wildman–Crippen MR) is 80.5 cm³/mol. The number of thiophene rings is 1. The summed E-state index contributed by atoms with van der Waals surface area (Å²) in [5.74, 6) is -0.261. The number of aliphatic hydroxyl groups is 1. The number of rotatable bonds is 4. The summed E-state index contributed by atoms with van der Waals surface area (Å²) in [6.07, 6.45) is 0.663. The highest BCUT2D eigenvalue weighted by molar-refractivity contribution is 7.21. The smallest absolute Gasteiger partial charge is 0.263 e. The first-order chi connectivity index (χ1) is 9.06. The van der Waals surface area contributed by atoms with Crippen molar-refractivity contribution in [2.24, 2.45) is 0 Å². The molecule has 0 saturated heterocycles. The summed E-state index contributed by atoms with van der Waals surface area (Å²) in [6, 6.07) is 5.08. The summed E-state index contributed by atoms with van der Waals surface area (Å²) >= 11 is 13.4. The first-order valence-corrected chi connectivity index (χ1v) is 7.43. The van der Waals surface area contributed by atoms with E-state index in [1.165, 1.54) is 11.3 Å². The molecule has 6 heteroatoms. The van der Waals surface area contributed by atoms with Crippen molar-refractivity contribution in [1.29, 1.82) is 0 Å². The Labute approximate surface area is 125 Å². The van der Waals surface area contributed by atoms with E-state index in [0.29, 0.717) is 21.3 Å². The number of carbonyl (C=O) groups excluding carboxylic acids is 1. The molecule has 0 aliphatic carbocycles. The number of fused-ring (bicyclic) bond motifs is 1. The van der Waals surface area contributed by atoms with Crippen LogP contribution in [0.15, 0.2) is 18.2 Å². The highest BCUT2D eigenvalue weighted by Gasteiger charge is 2.19. The van der Waals surface area contributed by atoms with Crippen molar-refractivity contribution in [2.75, 3.05) is 6.61 Å². The van der Waals surface area contributed by atoms with Crippen molar-refractivity contribution in [1.82, 2.24) is 5.32 Å². The number of hydrogen-bond donors (Lipinski definition) is 2. The van der Waals surface area contributed by atoms with Crippen molar-refractivity contribution in [3.05, 3.63) is 33.1 Å². The molecule has 3 nitrogen and oxygen atoms in total. The Morgan fingerprint density at radius 2 is 2.21 bits per heavy atom. The van der Waals surface area contributed by atoms with Gasteiger partial charge in [-0.3, -0.25) is 4.79 Å².